The van der Waals surface area contributed by atoms with Crippen LogP contribution in [-0.2, 0) is 21.1 Å². The minimum absolute atomic E-state index is 0. The molecule has 0 aliphatic heterocycles. The Hall–Kier alpha value is -2.48. The molecule has 0 aliphatic carbocycles. The molecule has 0 bridgehead atoms. The van der Waals surface area contributed by atoms with Gasteiger partial charge in [-0.05, 0) is 36.8 Å². The summed E-state index contributed by atoms with van der Waals surface area (Å²) in [5, 5.41) is 12.8. The van der Waals surface area contributed by atoms with Crippen molar-refractivity contribution in [1.82, 2.24) is 29.1 Å². The Balaban J connectivity index is 0.000000540. The van der Waals surface area contributed by atoms with E-state index < -0.39 is 19.5 Å². The van der Waals surface area contributed by atoms with Gasteiger partial charge in [-0.3, -0.25) is 0 Å². The molecule has 0 spiro atoms. The minimum Gasteiger partial charge on any atom is -0.403 e. The Bertz CT molecular complexity index is 734. The molecule has 0 radical (unpaired) electrons. The maximum Gasteiger partial charge on any atom is 2.00 e. The van der Waals surface area contributed by atoms with Crippen LogP contribution in [0.5, 0.6) is 0 Å². The third-order valence-electron chi connectivity index (χ3n) is 2.89. The molecular formula is C14H13BF6N6Pt. The number of alkyl halides is 6. The maximum absolute atomic E-state index is 10.9. The zero-order valence-corrected chi connectivity index (χ0v) is 16.4. The van der Waals surface area contributed by atoms with Gasteiger partial charge in [0.15, 0.2) is 0 Å². The second kappa shape index (κ2) is 10.8. The molecule has 0 saturated heterocycles. The third-order valence-corrected chi connectivity index (χ3v) is 2.89. The summed E-state index contributed by atoms with van der Waals surface area (Å²) in [5.41, 5.74) is 0. The van der Waals surface area contributed by atoms with Crippen molar-refractivity contribution in [1.29, 1.82) is 0 Å². The quantitative estimate of drug-likeness (QED) is 0.206. The number of nitrogens with zero attached hydrogens (tertiary/aromatic N) is 6. The van der Waals surface area contributed by atoms with Gasteiger partial charge in [0.25, 0.3) is 0 Å². The Kier molecular flexibility index (Phi) is 9.80. The Morgan fingerprint density at radius 2 is 0.929 bits per heavy atom. The molecule has 0 fully saturated rings. The van der Waals surface area contributed by atoms with Gasteiger partial charge in [0.05, 0.1) is 0 Å². The molecule has 0 N–H and O–H groups in total. The van der Waals surface area contributed by atoms with Gasteiger partial charge in [0.2, 0.25) is 0 Å². The van der Waals surface area contributed by atoms with E-state index in [1.165, 1.54) is 0 Å². The van der Waals surface area contributed by atoms with Crippen LogP contribution in [0.15, 0.2) is 55.4 Å². The Morgan fingerprint density at radius 1 is 0.643 bits per heavy atom. The molecular weight excluding hydrogens is 572 g/mol. The van der Waals surface area contributed by atoms with E-state index in [2.05, 4.69) is 15.3 Å². The summed E-state index contributed by atoms with van der Waals surface area (Å²) in [6.07, 6.45) is 0.883. The van der Waals surface area contributed by atoms with Crippen molar-refractivity contribution in [2.75, 3.05) is 0 Å². The van der Waals surface area contributed by atoms with Crippen molar-refractivity contribution < 1.29 is 47.4 Å². The number of rotatable bonds is 3. The standard InChI is InChI=1S/C9H10BN6.C4F6.CH3.Pt/c1-4-11-14(7-1)10(15-8-2-5-12-15)16-9-3-6-13-16;5-3(6,7)1-2-4(8,9)10;;/h1-10H;;1H3;/q-1;;-1;+2. The largest absolute Gasteiger partial charge is 2.00 e. The van der Waals surface area contributed by atoms with Gasteiger partial charge in [-0.2, -0.15) is 26.3 Å². The first-order valence-electron chi connectivity index (χ1n) is 6.98. The van der Waals surface area contributed by atoms with E-state index in [0.717, 1.165) is 0 Å². The topological polar surface area (TPSA) is 53.5 Å². The fraction of sp³-hybridized carbons (Fsp3) is 0.143. The van der Waals surface area contributed by atoms with E-state index in [0.29, 0.717) is 0 Å². The van der Waals surface area contributed by atoms with Gasteiger partial charge in [0, 0.05) is 30.4 Å². The summed E-state index contributed by atoms with van der Waals surface area (Å²) in [6, 6.07) is 5.69. The first kappa shape index (κ1) is 25.5. The predicted octanol–water partition coefficient (Wildman–Crippen LogP) is 2.50. The van der Waals surface area contributed by atoms with Crippen molar-refractivity contribution in [3.63, 3.8) is 0 Å². The second-order valence-electron chi connectivity index (χ2n) is 4.81. The van der Waals surface area contributed by atoms with Crippen LogP contribution in [0.3, 0.4) is 0 Å². The normalized spacial score (nSPS) is 10.7. The Labute approximate surface area is 170 Å². The van der Waals surface area contributed by atoms with E-state index in [-0.39, 0.29) is 40.3 Å². The summed E-state index contributed by atoms with van der Waals surface area (Å²) in [5.74, 6) is 0.174. The minimum atomic E-state index is -5.07. The molecule has 3 rings (SSSR count). The van der Waals surface area contributed by atoms with Crippen LogP contribution in [0, 0.1) is 19.3 Å². The van der Waals surface area contributed by atoms with Crippen LogP contribution in [0.25, 0.3) is 0 Å². The van der Waals surface area contributed by atoms with Gasteiger partial charge in [-0.1, -0.05) is 0 Å². The SMILES string of the molecule is FC(F)(F)C#CC(F)(F)F.[CH3-].[Pt+2].c1cnn([BH-](n2cccn2)n2cccn2)c1. The summed E-state index contributed by atoms with van der Waals surface area (Å²) in [4.78, 5) is 0. The van der Waals surface area contributed by atoms with E-state index in [9.17, 15) is 26.3 Å². The van der Waals surface area contributed by atoms with Gasteiger partial charge in [0.1, 0.15) is 0 Å². The average Bonchev–Trinajstić information content (AvgIpc) is 3.30. The fourth-order valence-electron chi connectivity index (χ4n) is 1.99. The third kappa shape index (κ3) is 8.48. The number of hydrogen-bond donors (Lipinski definition) is 0. The van der Waals surface area contributed by atoms with Crippen LogP contribution in [-0.4, -0.2) is 48.5 Å². The second-order valence-corrected chi connectivity index (χ2v) is 4.81. The average molecular weight is 585 g/mol. The molecule has 0 saturated carbocycles. The first-order chi connectivity index (χ1) is 12.2. The van der Waals surface area contributed by atoms with Crippen molar-refractivity contribution in [2.45, 2.75) is 12.4 Å². The van der Waals surface area contributed by atoms with Crippen LogP contribution in [0.1, 0.15) is 0 Å². The summed E-state index contributed by atoms with van der Waals surface area (Å²) in [6.45, 7) is 0. The molecule has 0 unspecified atom stereocenters. The first-order valence-corrected chi connectivity index (χ1v) is 6.98. The van der Waals surface area contributed by atoms with Crippen molar-refractivity contribution in [2.24, 2.45) is 0 Å². The number of hydrogen-bond acceptors (Lipinski definition) is 3. The predicted molar refractivity (Wildman–Crippen MR) is 86.3 cm³/mol. The molecule has 0 amide bonds. The van der Waals surface area contributed by atoms with Crippen LogP contribution < -0.4 is 0 Å². The molecule has 154 valence electrons. The summed E-state index contributed by atoms with van der Waals surface area (Å²) < 4.78 is 71.1. The molecule has 3 heterocycles. The Morgan fingerprint density at radius 3 is 1.11 bits per heavy atom. The van der Waals surface area contributed by atoms with Gasteiger partial charge < -0.3 is 21.2 Å². The maximum atomic E-state index is 10.9. The zero-order chi connectivity index (χ0) is 19.2. The number of aromatic nitrogens is 6. The smallest absolute Gasteiger partial charge is 0.403 e. The van der Waals surface area contributed by atoms with Gasteiger partial charge in [-0.25, -0.2) is 15.3 Å². The number of halogens is 6. The van der Waals surface area contributed by atoms with Gasteiger partial charge in [-0.15, -0.1) is 0 Å². The molecule has 6 nitrogen and oxygen atoms in total. The summed E-state index contributed by atoms with van der Waals surface area (Å²) in [7, 11) is -1.12. The molecule has 0 aliphatic rings. The van der Waals surface area contributed by atoms with Crippen LogP contribution in [0.4, 0.5) is 26.3 Å². The van der Waals surface area contributed by atoms with Crippen LogP contribution >= 0.6 is 0 Å². The molecule has 0 aromatic carbocycles. The molecule has 3 aromatic rings. The molecule has 14 heteroatoms. The van der Waals surface area contributed by atoms with E-state index in [1.54, 1.807) is 18.6 Å². The molecule has 3 aromatic heterocycles. The van der Waals surface area contributed by atoms with Gasteiger partial charge >= 0.3 is 40.5 Å². The van der Waals surface area contributed by atoms with E-state index in [4.69, 9.17) is 0 Å². The zero-order valence-electron chi connectivity index (χ0n) is 14.2. The summed E-state index contributed by atoms with van der Waals surface area (Å²) >= 11 is 0. The van der Waals surface area contributed by atoms with Crippen molar-refractivity contribution in [3.05, 3.63) is 62.8 Å². The van der Waals surface area contributed by atoms with Crippen LogP contribution in [0.2, 0.25) is 0 Å². The fourth-order valence-corrected chi connectivity index (χ4v) is 1.99. The van der Waals surface area contributed by atoms with E-state index in [1.807, 2.05) is 50.6 Å². The van der Waals surface area contributed by atoms with E-state index >= 15 is 0 Å². The monoisotopic (exact) mass is 585 g/mol. The van der Waals surface area contributed by atoms with Crippen molar-refractivity contribution in [3.8, 4) is 11.8 Å². The molecule has 0 atom stereocenters. The molecule has 28 heavy (non-hydrogen) atoms. The van der Waals surface area contributed by atoms with Crippen molar-refractivity contribution >= 4 is 7.12 Å².